The van der Waals surface area contributed by atoms with Crippen LogP contribution in [0, 0.1) is 6.92 Å². The van der Waals surface area contributed by atoms with Crippen LogP contribution in [-0.2, 0) is 15.3 Å². The molecule has 0 amide bonds. The SMILES string of the molecule is Cc1ccc(C2=NNC(C(=O)O)(c3ccccc3O)O2)cc1. The van der Waals surface area contributed by atoms with E-state index in [0.717, 1.165) is 5.56 Å². The largest absolute Gasteiger partial charge is 0.507 e. The second-order valence-corrected chi connectivity index (χ2v) is 5.00. The number of aryl methyl sites for hydroxylation is 1. The second kappa shape index (κ2) is 5.07. The van der Waals surface area contributed by atoms with Crippen molar-refractivity contribution in [2.45, 2.75) is 12.6 Å². The molecule has 0 aliphatic carbocycles. The minimum atomic E-state index is -1.94. The Bertz CT molecular complexity index is 755. The van der Waals surface area contributed by atoms with Gasteiger partial charge in [-0.2, -0.15) is 0 Å². The van der Waals surface area contributed by atoms with Crippen LogP contribution in [0.3, 0.4) is 0 Å². The number of benzene rings is 2. The number of hydrogen-bond donors (Lipinski definition) is 3. The van der Waals surface area contributed by atoms with Gasteiger partial charge in [0.1, 0.15) is 5.75 Å². The highest BCUT2D eigenvalue weighted by atomic mass is 16.6. The maximum atomic E-state index is 11.7. The molecule has 0 saturated heterocycles. The standard InChI is InChI=1S/C16H14N2O4/c1-10-6-8-11(9-7-10)14-17-18-16(22-14,15(20)21)12-4-2-3-5-13(12)19/h2-9,18-19H,1H3,(H,20,21). The summed E-state index contributed by atoms with van der Waals surface area (Å²) >= 11 is 0. The summed E-state index contributed by atoms with van der Waals surface area (Å²) in [6.45, 7) is 1.95. The summed E-state index contributed by atoms with van der Waals surface area (Å²) in [5, 5.41) is 23.5. The van der Waals surface area contributed by atoms with Gasteiger partial charge in [-0.1, -0.05) is 29.8 Å². The van der Waals surface area contributed by atoms with Crippen LogP contribution in [0.5, 0.6) is 5.75 Å². The van der Waals surface area contributed by atoms with Crippen molar-refractivity contribution in [3.63, 3.8) is 0 Å². The molecule has 0 saturated carbocycles. The van der Waals surface area contributed by atoms with Crippen LogP contribution in [0.25, 0.3) is 0 Å². The molecular formula is C16H14N2O4. The molecule has 1 aliphatic rings. The molecular weight excluding hydrogens is 284 g/mol. The Hall–Kier alpha value is -3.02. The molecule has 0 radical (unpaired) electrons. The number of aromatic hydroxyl groups is 1. The topological polar surface area (TPSA) is 91.2 Å². The van der Waals surface area contributed by atoms with Crippen LogP contribution in [-0.4, -0.2) is 22.1 Å². The number of nitrogens with one attached hydrogen (secondary N) is 1. The predicted molar refractivity (Wildman–Crippen MR) is 79.4 cm³/mol. The summed E-state index contributed by atoms with van der Waals surface area (Å²) in [5.74, 6) is -1.32. The van der Waals surface area contributed by atoms with E-state index in [9.17, 15) is 15.0 Å². The minimum absolute atomic E-state index is 0.0911. The first-order valence-electron chi connectivity index (χ1n) is 6.66. The van der Waals surface area contributed by atoms with E-state index >= 15 is 0 Å². The lowest BCUT2D eigenvalue weighted by Crippen LogP contribution is -2.46. The average molecular weight is 298 g/mol. The number of rotatable bonds is 3. The van der Waals surface area contributed by atoms with Crippen LogP contribution >= 0.6 is 0 Å². The molecule has 3 N–H and O–H groups in total. The number of carboxylic acids is 1. The van der Waals surface area contributed by atoms with Gasteiger partial charge >= 0.3 is 11.7 Å². The summed E-state index contributed by atoms with van der Waals surface area (Å²) < 4.78 is 5.58. The van der Waals surface area contributed by atoms with Crippen molar-refractivity contribution in [2.75, 3.05) is 0 Å². The molecule has 1 atom stereocenters. The highest BCUT2D eigenvalue weighted by Gasteiger charge is 2.49. The van der Waals surface area contributed by atoms with Gasteiger partial charge in [-0.05, 0) is 31.2 Å². The molecule has 6 nitrogen and oxygen atoms in total. The summed E-state index contributed by atoms with van der Waals surface area (Å²) in [5.41, 5.74) is 2.37. The van der Waals surface area contributed by atoms with E-state index in [4.69, 9.17) is 4.74 Å². The highest BCUT2D eigenvalue weighted by Crippen LogP contribution is 2.34. The van der Waals surface area contributed by atoms with E-state index in [-0.39, 0.29) is 17.2 Å². The average Bonchev–Trinajstić information content (AvgIpc) is 2.95. The van der Waals surface area contributed by atoms with Crippen LogP contribution in [0.15, 0.2) is 53.6 Å². The Kier molecular flexibility index (Phi) is 3.21. The number of para-hydroxylation sites is 1. The number of carboxylic acid groups (broad SMARTS) is 1. The molecule has 1 heterocycles. The Labute approximate surface area is 126 Å². The van der Waals surface area contributed by atoms with Gasteiger partial charge in [0, 0.05) is 5.56 Å². The number of carbonyl (C=O) groups is 1. The molecule has 22 heavy (non-hydrogen) atoms. The Morgan fingerprint density at radius 1 is 1.18 bits per heavy atom. The predicted octanol–water partition coefficient (Wildman–Crippen LogP) is 1.92. The maximum Gasteiger partial charge on any atom is 0.376 e. The fraction of sp³-hybridized carbons (Fsp3) is 0.125. The highest BCUT2D eigenvalue weighted by molar-refractivity contribution is 5.98. The number of phenols is 1. The minimum Gasteiger partial charge on any atom is -0.507 e. The van der Waals surface area contributed by atoms with Gasteiger partial charge in [0.25, 0.3) is 0 Å². The van der Waals surface area contributed by atoms with Crippen molar-refractivity contribution in [1.29, 1.82) is 0 Å². The number of nitrogens with zero attached hydrogens (tertiary/aromatic N) is 1. The van der Waals surface area contributed by atoms with Crippen LogP contribution < -0.4 is 5.43 Å². The van der Waals surface area contributed by atoms with Crippen molar-refractivity contribution < 1.29 is 19.7 Å². The molecule has 1 aliphatic heterocycles. The van der Waals surface area contributed by atoms with E-state index in [1.165, 1.54) is 12.1 Å². The van der Waals surface area contributed by atoms with Gasteiger partial charge in [0.2, 0.25) is 5.90 Å². The van der Waals surface area contributed by atoms with Crippen molar-refractivity contribution in [2.24, 2.45) is 5.10 Å². The van der Waals surface area contributed by atoms with Crippen LogP contribution in [0.4, 0.5) is 0 Å². The van der Waals surface area contributed by atoms with Gasteiger partial charge in [0.15, 0.2) is 0 Å². The number of aliphatic carboxylic acids is 1. The first-order chi connectivity index (χ1) is 10.5. The van der Waals surface area contributed by atoms with Gasteiger partial charge in [-0.15, -0.1) is 5.10 Å². The van der Waals surface area contributed by atoms with Gasteiger partial charge in [0.05, 0.1) is 5.56 Å². The van der Waals surface area contributed by atoms with E-state index in [1.54, 1.807) is 24.3 Å². The summed E-state index contributed by atoms with van der Waals surface area (Å²) in [6.07, 6.45) is 0. The first-order valence-corrected chi connectivity index (χ1v) is 6.66. The summed E-state index contributed by atoms with van der Waals surface area (Å²) in [7, 11) is 0. The van der Waals surface area contributed by atoms with E-state index in [1.807, 2.05) is 19.1 Å². The molecule has 3 rings (SSSR count). The van der Waals surface area contributed by atoms with E-state index < -0.39 is 11.7 Å². The fourth-order valence-electron chi connectivity index (χ4n) is 2.23. The molecule has 2 aromatic carbocycles. The number of phenolic OH excluding ortho intramolecular Hbond substituents is 1. The third-order valence-electron chi connectivity index (χ3n) is 3.45. The lowest BCUT2D eigenvalue weighted by atomic mass is 10.0. The zero-order chi connectivity index (χ0) is 15.7. The van der Waals surface area contributed by atoms with Crippen LogP contribution in [0.1, 0.15) is 16.7 Å². The normalized spacial score (nSPS) is 20.0. The lowest BCUT2D eigenvalue weighted by Gasteiger charge is -2.24. The third kappa shape index (κ3) is 2.14. The number of hydrazone groups is 1. The third-order valence-corrected chi connectivity index (χ3v) is 3.45. The van der Waals surface area contributed by atoms with Crippen molar-refractivity contribution in [3.05, 3.63) is 65.2 Å². The molecule has 2 aromatic rings. The van der Waals surface area contributed by atoms with Crippen LogP contribution in [0.2, 0.25) is 0 Å². The number of hydrogen-bond acceptors (Lipinski definition) is 5. The molecule has 0 aromatic heterocycles. The Balaban J connectivity index is 1.99. The van der Waals surface area contributed by atoms with Gasteiger partial charge < -0.3 is 14.9 Å². The zero-order valence-corrected chi connectivity index (χ0v) is 11.8. The monoisotopic (exact) mass is 298 g/mol. The molecule has 0 bridgehead atoms. The Morgan fingerprint density at radius 2 is 1.86 bits per heavy atom. The van der Waals surface area contributed by atoms with Crippen molar-refractivity contribution in [1.82, 2.24) is 5.43 Å². The lowest BCUT2D eigenvalue weighted by molar-refractivity contribution is -0.159. The van der Waals surface area contributed by atoms with Crippen molar-refractivity contribution >= 4 is 11.9 Å². The quantitative estimate of drug-likeness (QED) is 0.805. The van der Waals surface area contributed by atoms with E-state index in [2.05, 4.69) is 10.5 Å². The Morgan fingerprint density at radius 3 is 2.50 bits per heavy atom. The smallest absolute Gasteiger partial charge is 0.376 e. The second-order valence-electron chi connectivity index (χ2n) is 5.00. The molecule has 0 spiro atoms. The zero-order valence-electron chi connectivity index (χ0n) is 11.8. The molecule has 0 fully saturated rings. The molecule has 1 unspecified atom stereocenters. The first kappa shape index (κ1) is 13.9. The molecule has 112 valence electrons. The van der Waals surface area contributed by atoms with E-state index in [0.29, 0.717) is 5.56 Å². The molecule has 6 heteroatoms. The van der Waals surface area contributed by atoms with Gasteiger partial charge in [-0.25, -0.2) is 4.79 Å². The maximum absolute atomic E-state index is 11.7. The van der Waals surface area contributed by atoms with Crippen molar-refractivity contribution in [3.8, 4) is 5.75 Å². The summed E-state index contributed by atoms with van der Waals surface area (Å²) in [6, 6.07) is 13.4. The summed E-state index contributed by atoms with van der Waals surface area (Å²) in [4.78, 5) is 11.7. The van der Waals surface area contributed by atoms with Gasteiger partial charge in [-0.3, -0.25) is 5.43 Å². The number of ether oxygens (including phenoxy) is 1. The fourth-order valence-corrected chi connectivity index (χ4v) is 2.23.